The highest BCUT2D eigenvalue weighted by atomic mass is 32.2. The van der Waals surface area contributed by atoms with Crippen molar-refractivity contribution >= 4 is 21.9 Å². The molecule has 0 spiro atoms. The fraction of sp³-hybridized carbons (Fsp3) is 0.273. The smallest absolute Gasteiger partial charge is 0.333 e. The van der Waals surface area contributed by atoms with Gasteiger partial charge in [-0.3, -0.25) is 4.79 Å². The summed E-state index contributed by atoms with van der Waals surface area (Å²) in [6, 6.07) is 3.39. The predicted molar refractivity (Wildman–Crippen MR) is 70.3 cm³/mol. The Morgan fingerprint density at radius 2 is 2.05 bits per heavy atom. The van der Waals surface area contributed by atoms with E-state index in [9.17, 15) is 18.0 Å². The van der Waals surface area contributed by atoms with Crippen molar-refractivity contribution in [1.29, 1.82) is 0 Å². The summed E-state index contributed by atoms with van der Waals surface area (Å²) in [5.41, 5.74) is 4.97. The number of hydrogen-bond acceptors (Lipinski definition) is 6. The van der Waals surface area contributed by atoms with Crippen LogP contribution in [-0.4, -0.2) is 50.3 Å². The number of aliphatic carboxylic acids is 1. The first kappa shape index (κ1) is 16.9. The number of carboxylic acid groups (broad SMARTS) is 1. The van der Waals surface area contributed by atoms with Crippen LogP contribution in [0.3, 0.4) is 0 Å². The topological polar surface area (TPSA) is 156 Å². The minimum atomic E-state index is -4.11. The fourth-order valence-corrected chi connectivity index (χ4v) is 2.47. The number of rotatable bonds is 7. The fourth-order valence-electron chi connectivity index (χ4n) is 1.41. The summed E-state index contributed by atoms with van der Waals surface area (Å²) in [5, 5.41) is 17.5. The van der Waals surface area contributed by atoms with Crippen LogP contribution in [0.1, 0.15) is 10.4 Å². The van der Waals surface area contributed by atoms with Gasteiger partial charge in [-0.2, -0.15) is 0 Å². The number of ether oxygens (including phenoxy) is 1. The van der Waals surface area contributed by atoms with Gasteiger partial charge in [-0.25, -0.2) is 17.9 Å². The van der Waals surface area contributed by atoms with E-state index in [0.29, 0.717) is 0 Å². The summed E-state index contributed by atoms with van der Waals surface area (Å²) in [6.07, 6.45) is -1.88. The maximum absolute atomic E-state index is 11.9. The second-order valence-corrected chi connectivity index (χ2v) is 5.70. The lowest BCUT2D eigenvalue weighted by Gasteiger charge is -2.11. The van der Waals surface area contributed by atoms with E-state index in [1.54, 1.807) is 0 Å². The van der Waals surface area contributed by atoms with Crippen LogP contribution < -0.4 is 15.2 Å². The molecule has 116 valence electrons. The standard InChI is InChI=1S/C11H14N2O7S/c1-20-9-3-2-6(4-7(9)10(12)15)21(18,19)13-5-8(14)11(16)17/h2-4,8,13-14H,5H2,1H3,(H2,12,15)(H,16,17). The molecule has 1 unspecified atom stereocenters. The molecule has 5 N–H and O–H groups in total. The number of benzene rings is 1. The quantitative estimate of drug-likeness (QED) is 0.477. The van der Waals surface area contributed by atoms with Gasteiger partial charge in [0.15, 0.2) is 6.10 Å². The molecule has 0 fully saturated rings. The number of nitrogens with one attached hydrogen (secondary N) is 1. The van der Waals surface area contributed by atoms with E-state index >= 15 is 0 Å². The highest BCUT2D eigenvalue weighted by Crippen LogP contribution is 2.21. The second kappa shape index (κ2) is 6.52. The molecule has 0 radical (unpaired) electrons. The van der Waals surface area contributed by atoms with Crippen LogP contribution in [0.25, 0.3) is 0 Å². The van der Waals surface area contributed by atoms with Crippen molar-refractivity contribution in [2.24, 2.45) is 5.73 Å². The van der Waals surface area contributed by atoms with Gasteiger partial charge in [-0.15, -0.1) is 0 Å². The minimum absolute atomic E-state index is 0.104. The number of carbonyl (C=O) groups excluding carboxylic acids is 1. The lowest BCUT2D eigenvalue weighted by molar-refractivity contribution is -0.146. The summed E-state index contributed by atoms with van der Waals surface area (Å²) in [7, 11) is -2.82. The summed E-state index contributed by atoms with van der Waals surface area (Å²) < 4.78 is 30.6. The van der Waals surface area contributed by atoms with E-state index in [1.807, 2.05) is 4.72 Å². The number of sulfonamides is 1. The Labute approximate surface area is 120 Å². The summed E-state index contributed by atoms with van der Waals surface area (Å²) in [5.74, 6) is -2.34. The lowest BCUT2D eigenvalue weighted by Crippen LogP contribution is -2.36. The van der Waals surface area contributed by atoms with Crippen molar-refractivity contribution in [1.82, 2.24) is 4.72 Å². The Balaban J connectivity index is 3.06. The van der Waals surface area contributed by atoms with Gasteiger partial charge in [0, 0.05) is 6.54 Å². The number of carboxylic acids is 1. The third-order valence-corrected chi connectivity index (χ3v) is 3.92. The summed E-state index contributed by atoms with van der Waals surface area (Å²) >= 11 is 0. The minimum Gasteiger partial charge on any atom is -0.496 e. The molecule has 0 saturated carbocycles. The molecule has 1 aromatic rings. The maximum atomic E-state index is 11.9. The molecule has 1 amide bonds. The Bertz CT molecular complexity index is 657. The molecule has 0 aliphatic rings. The van der Waals surface area contributed by atoms with Crippen LogP contribution >= 0.6 is 0 Å². The summed E-state index contributed by atoms with van der Waals surface area (Å²) in [4.78, 5) is 21.3. The first-order chi connectivity index (χ1) is 9.69. The molecule has 9 nitrogen and oxygen atoms in total. The molecule has 0 aliphatic carbocycles. The number of methoxy groups -OCH3 is 1. The molecule has 10 heteroatoms. The van der Waals surface area contributed by atoms with E-state index in [2.05, 4.69) is 0 Å². The van der Waals surface area contributed by atoms with Crippen molar-refractivity contribution < 1.29 is 33.0 Å². The average Bonchev–Trinajstić information content (AvgIpc) is 2.43. The van der Waals surface area contributed by atoms with Crippen LogP contribution in [0, 0.1) is 0 Å². The zero-order valence-electron chi connectivity index (χ0n) is 10.9. The number of nitrogens with two attached hydrogens (primary N) is 1. The van der Waals surface area contributed by atoms with Crippen molar-refractivity contribution in [3.63, 3.8) is 0 Å². The van der Waals surface area contributed by atoms with Gasteiger partial charge in [0.25, 0.3) is 5.91 Å². The third-order valence-electron chi connectivity index (χ3n) is 2.50. The molecule has 1 rings (SSSR count). The number of aliphatic hydroxyl groups excluding tert-OH is 1. The number of amides is 1. The van der Waals surface area contributed by atoms with Gasteiger partial charge >= 0.3 is 5.97 Å². The van der Waals surface area contributed by atoms with Crippen molar-refractivity contribution in [2.75, 3.05) is 13.7 Å². The van der Waals surface area contributed by atoms with Crippen LogP contribution in [0.15, 0.2) is 23.1 Å². The van der Waals surface area contributed by atoms with E-state index in [4.69, 9.17) is 20.7 Å². The highest BCUT2D eigenvalue weighted by molar-refractivity contribution is 7.89. The zero-order valence-corrected chi connectivity index (χ0v) is 11.8. The molecule has 1 aromatic carbocycles. The number of hydrogen-bond donors (Lipinski definition) is 4. The second-order valence-electron chi connectivity index (χ2n) is 3.93. The van der Waals surface area contributed by atoms with Crippen LogP contribution in [-0.2, 0) is 14.8 Å². The normalized spacial score (nSPS) is 12.7. The monoisotopic (exact) mass is 318 g/mol. The largest absolute Gasteiger partial charge is 0.496 e. The first-order valence-corrected chi connectivity index (χ1v) is 7.05. The van der Waals surface area contributed by atoms with E-state index in [0.717, 1.165) is 12.1 Å². The van der Waals surface area contributed by atoms with Gasteiger partial charge < -0.3 is 20.7 Å². The molecular formula is C11H14N2O7S. The Kier molecular flexibility index (Phi) is 5.24. The lowest BCUT2D eigenvalue weighted by atomic mass is 10.2. The van der Waals surface area contributed by atoms with Crippen molar-refractivity contribution in [3.05, 3.63) is 23.8 Å². The molecular weight excluding hydrogens is 304 g/mol. The van der Waals surface area contributed by atoms with Crippen LogP contribution in [0.5, 0.6) is 5.75 Å². The first-order valence-electron chi connectivity index (χ1n) is 5.57. The Hall–Kier alpha value is -2.17. The average molecular weight is 318 g/mol. The molecule has 0 aliphatic heterocycles. The van der Waals surface area contributed by atoms with E-state index < -0.39 is 34.5 Å². The maximum Gasteiger partial charge on any atom is 0.333 e. The SMILES string of the molecule is COc1ccc(S(=O)(=O)NCC(O)C(=O)O)cc1C(N)=O. The third kappa shape index (κ3) is 4.15. The van der Waals surface area contributed by atoms with Gasteiger partial charge in [0.2, 0.25) is 10.0 Å². The molecule has 21 heavy (non-hydrogen) atoms. The molecule has 0 bridgehead atoms. The molecule has 0 aromatic heterocycles. The van der Waals surface area contributed by atoms with Gasteiger partial charge in [-0.1, -0.05) is 0 Å². The highest BCUT2D eigenvalue weighted by Gasteiger charge is 2.21. The molecule has 1 atom stereocenters. The van der Waals surface area contributed by atoms with Crippen LogP contribution in [0.4, 0.5) is 0 Å². The van der Waals surface area contributed by atoms with Crippen molar-refractivity contribution in [2.45, 2.75) is 11.0 Å². The van der Waals surface area contributed by atoms with Gasteiger partial charge in [-0.05, 0) is 18.2 Å². The summed E-state index contributed by atoms with van der Waals surface area (Å²) in [6.45, 7) is -0.713. The molecule has 0 heterocycles. The van der Waals surface area contributed by atoms with E-state index in [1.165, 1.54) is 13.2 Å². The zero-order chi connectivity index (χ0) is 16.2. The van der Waals surface area contributed by atoms with Crippen LogP contribution in [0.2, 0.25) is 0 Å². The molecule has 0 saturated heterocycles. The Morgan fingerprint density at radius 3 is 2.52 bits per heavy atom. The number of carbonyl (C=O) groups is 2. The van der Waals surface area contributed by atoms with Gasteiger partial charge in [0.05, 0.1) is 17.6 Å². The Morgan fingerprint density at radius 1 is 1.43 bits per heavy atom. The van der Waals surface area contributed by atoms with Crippen molar-refractivity contribution in [3.8, 4) is 5.75 Å². The van der Waals surface area contributed by atoms with E-state index in [-0.39, 0.29) is 16.2 Å². The number of aliphatic hydroxyl groups is 1. The predicted octanol–water partition coefficient (Wildman–Crippen LogP) is -1.48. The van der Waals surface area contributed by atoms with Gasteiger partial charge in [0.1, 0.15) is 5.75 Å². The number of primary amides is 1.